The summed E-state index contributed by atoms with van der Waals surface area (Å²) in [7, 11) is 3.67. The molecule has 3 fully saturated rings. The van der Waals surface area contributed by atoms with Crippen LogP contribution >= 0.6 is 0 Å². The Morgan fingerprint density at radius 1 is 1.26 bits per heavy atom. The van der Waals surface area contributed by atoms with Crippen LogP contribution < -0.4 is 10.2 Å². The number of amides is 1. The van der Waals surface area contributed by atoms with Crippen molar-refractivity contribution in [3.05, 3.63) is 36.2 Å². The van der Waals surface area contributed by atoms with Gasteiger partial charge in [-0.3, -0.25) is 9.78 Å². The van der Waals surface area contributed by atoms with Crippen LogP contribution in [0, 0.1) is 0 Å². The molecule has 5 rings (SSSR count). The second-order valence-electron chi connectivity index (χ2n) is 9.12. The Hall–Kier alpha value is -2.74. The first-order valence-electron chi connectivity index (χ1n) is 10.9. The van der Waals surface area contributed by atoms with Crippen molar-refractivity contribution < 1.29 is 14.3 Å². The molecule has 1 aromatic heterocycles. The van der Waals surface area contributed by atoms with Crippen LogP contribution in [0.5, 0.6) is 5.75 Å². The lowest BCUT2D eigenvalue weighted by molar-refractivity contribution is -0.126. The SMILES string of the molecule is CN1C[C@H](c2ccc(-c3cnc(N(C)[C@@H]4CC5CCC(N5)[C@@H]4F)cn3)c(O)c2)CC1=O. The van der Waals surface area contributed by atoms with Gasteiger partial charge in [0, 0.05) is 50.6 Å². The number of alkyl halides is 1. The summed E-state index contributed by atoms with van der Waals surface area (Å²) in [6, 6.07) is 5.58. The zero-order valence-corrected chi connectivity index (χ0v) is 17.8. The number of carbonyl (C=O) groups excluding carboxylic acids is 1. The van der Waals surface area contributed by atoms with Crippen LogP contribution in [-0.2, 0) is 4.79 Å². The number of nitrogens with one attached hydrogen (secondary N) is 1. The van der Waals surface area contributed by atoms with E-state index in [0.717, 1.165) is 24.8 Å². The zero-order valence-electron chi connectivity index (χ0n) is 17.8. The maximum atomic E-state index is 14.9. The molecule has 5 atom stereocenters. The van der Waals surface area contributed by atoms with E-state index in [9.17, 15) is 14.3 Å². The molecule has 0 aliphatic carbocycles. The molecular formula is C23H28FN5O2. The molecule has 7 nitrogen and oxygen atoms in total. The van der Waals surface area contributed by atoms with Crippen LogP contribution in [0.25, 0.3) is 11.3 Å². The minimum absolute atomic E-state index is 0.0659. The Kier molecular flexibility index (Phi) is 5.04. The summed E-state index contributed by atoms with van der Waals surface area (Å²) in [4.78, 5) is 24.4. The van der Waals surface area contributed by atoms with Crippen molar-refractivity contribution in [3.63, 3.8) is 0 Å². The molecule has 4 heterocycles. The summed E-state index contributed by atoms with van der Waals surface area (Å²) >= 11 is 0. The van der Waals surface area contributed by atoms with Crippen molar-refractivity contribution in [2.45, 2.75) is 55.9 Å². The van der Waals surface area contributed by atoms with Gasteiger partial charge in [-0.1, -0.05) is 6.07 Å². The number of likely N-dealkylation sites (tertiary alicyclic amines) is 1. The van der Waals surface area contributed by atoms with E-state index in [2.05, 4.69) is 15.3 Å². The largest absolute Gasteiger partial charge is 0.507 e. The van der Waals surface area contributed by atoms with Crippen molar-refractivity contribution in [3.8, 4) is 17.0 Å². The van der Waals surface area contributed by atoms with Crippen LogP contribution in [0.4, 0.5) is 10.2 Å². The highest BCUT2D eigenvalue weighted by molar-refractivity contribution is 5.79. The molecule has 0 radical (unpaired) electrons. The lowest BCUT2D eigenvalue weighted by Gasteiger charge is -2.38. The van der Waals surface area contributed by atoms with E-state index >= 15 is 0 Å². The summed E-state index contributed by atoms with van der Waals surface area (Å²) in [5, 5.41) is 13.9. The van der Waals surface area contributed by atoms with Gasteiger partial charge in [0.1, 0.15) is 17.7 Å². The van der Waals surface area contributed by atoms with Gasteiger partial charge in [-0.25, -0.2) is 9.37 Å². The molecule has 3 saturated heterocycles. The van der Waals surface area contributed by atoms with E-state index < -0.39 is 6.17 Å². The number of nitrogens with zero attached hydrogens (tertiary/aromatic N) is 4. The number of phenolic OH excluding ortho intramolecular Hbond substituents is 1. The lowest BCUT2D eigenvalue weighted by atomic mass is 9.96. The molecule has 2 N–H and O–H groups in total. The lowest BCUT2D eigenvalue weighted by Crippen LogP contribution is -2.55. The Morgan fingerprint density at radius 2 is 2.10 bits per heavy atom. The number of benzene rings is 1. The fourth-order valence-electron chi connectivity index (χ4n) is 5.27. The zero-order chi connectivity index (χ0) is 21.7. The smallest absolute Gasteiger partial charge is 0.223 e. The van der Waals surface area contributed by atoms with E-state index in [0.29, 0.717) is 36.1 Å². The van der Waals surface area contributed by atoms with E-state index in [4.69, 9.17) is 0 Å². The number of fused-ring (bicyclic) bond motifs is 2. The maximum Gasteiger partial charge on any atom is 0.223 e. The van der Waals surface area contributed by atoms with E-state index in [1.165, 1.54) is 0 Å². The van der Waals surface area contributed by atoms with Gasteiger partial charge >= 0.3 is 0 Å². The highest BCUT2D eigenvalue weighted by Crippen LogP contribution is 2.36. The molecule has 3 aliphatic rings. The Bertz CT molecular complexity index is 984. The summed E-state index contributed by atoms with van der Waals surface area (Å²) in [5.74, 6) is 0.958. The van der Waals surface area contributed by atoms with Gasteiger partial charge in [0.2, 0.25) is 5.91 Å². The molecule has 2 bridgehead atoms. The second-order valence-corrected chi connectivity index (χ2v) is 9.12. The van der Waals surface area contributed by atoms with Crippen molar-refractivity contribution in [2.24, 2.45) is 0 Å². The van der Waals surface area contributed by atoms with Crippen LogP contribution in [-0.4, -0.2) is 70.8 Å². The molecule has 8 heteroatoms. The number of likely N-dealkylation sites (N-methyl/N-ethyl adjacent to an activating group) is 1. The molecule has 0 spiro atoms. The Morgan fingerprint density at radius 3 is 2.77 bits per heavy atom. The van der Waals surface area contributed by atoms with E-state index in [-0.39, 0.29) is 29.7 Å². The topological polar surface area (TPSA) is 81.6 Å². The van der Waals surface area contributed by atoms with Gasteiger partial charge in [-0.15, -0.1) is 0 Å². The predicted molar refractivity (Wildman–Crippen MR) is 116 cm³/mol. The normalized spacial score (nSPS) is 30.1. The predicted octanol–water partition coefficient (Wildman–Crippen LogP) is 2.46. The average Bonchev–Trinajstić information content (AvgIpc) is 3.34. The van der Waals surface area contributed by atoms with Crippen molar-refractivity contribution in [2.75, 3.05) is 25.5 Å². The number of hydrogen-bond acceptors (Lipinski definition) is 6. The van der Waals surface area contributed by atoms with Crippen LogP contribution in [0.15, 0.2) is 30.6 Å². The van der Waals surface area contributed by atoms with Crippen molar-refractivity contribution in [1.29, 1.82) is 0 Å². The molecule has 164 valence electrons. The number of halogens is 1. The van der Waals surface area contributed by atoms with E-state index in [1.807, 2.05) is 24.1 Å². The van der Waals surface area contributed by atoms with Gasteiger partial charge in [0.25, 0.3) is 0 Å². The van der Waals surface area contributed by atoms with E-state index in [1.54, 1.807) is 30.4 Å². The summed E-state index contributed by atoms with van der Waals surface area (Å²) in [6.45, 7) is 0.659. The van der Waals surface area contributed by atoms with Crippen LogP contribution in [0.2, 0.25) is 0 Å². The summed E-state index contributed by atoms with van der Waals surface area (Å²) in [6.07, 6.45) is 5.48. The number of carbonyl (C=O) groups is 1. The third kappa shape index (κ3) is 3.63. The molecule has 0 saturated carbocycles. The third-order valence-electron chi connectivity index (χ3n) is 7.16. The number of anilines is 1. The summed E-state index contributed by atoms with van der Waals surface area (Å²) in [5.41, 5.74) is 2.09. The molecule has 2 unspecified atom stereocenters. The number of piperidine rings is 1. The Labute approximate surface area is 181 Å². The third-order valence-corrected chi connectivity index (χ3v) is 7.16. The molecule has 31 heavy (non-hydrogen) atoms. The Balaban J connectivity index is 1.32. The first-order chi connectivity index (χ1) is 14.9. The molecular weight excluding hydrogens is 397 g/mol. The standard InChI is InChI=1S/C23H28FN5O2/c1-28-12-14(8-22(28)31)13-3-5-16(20(30)7-13)18-10-26-21(11-25-18)29(2)19-9-15-4-6-17(27-15)23(19)24/h3,5,7,10-11,14-15,17,19,23,27,30H,4,6,8-9,12H2,1-2H3/t14-,15?,17?,19-,23+/m1/s1. The fourth-order valence-corrected chi connectivity index (χ4v) is 5.27. The highest BCUT2D eigenvalue weighted by atomic mass is 19.1. The van der Waals surface area contributed by atoms with Crippen LogP contribution in [0.3, 0.4) is 0 Å². The average molecular weight is 426 g/mol. The molecule has 3 aliphatic heterocycles. The molecule has 2 aromatic rings. The molecule has 1 amide bonds. The monoisotopic (exact) mass is 425 g/mol. The molecule has 1 aromatic carbocycles. The first kappa shape index (κ1) is 20.2. The minimum Gasteiger partial charge on any atom is -0.507 e. The van der Waals surface area contributed by atoms with Gasteiger partial charge < -0.3 is 20.2 Å². The second kappa shape index (κ2) is 7.75. The number of phenols is 1. The number of rotatable bonds is 4. The van der Waals surface area contributed by atoms with Gasteiger partial charge in [-0.05, 0) is 37.0 Å². The first-order valence-corrected chi connectivity index (χ1v) is 10.9. The summed E-state index contributed by atoms with van der Waals surface area (Å²) < 4.78 is 14.9. The number of aromatic hydroxyl groups is 1. The quantitative estimate of drug-likeness (QED) is 0.783. The fraction of sp³-hybridized carbons (Fsp3) is 0.522. The minimum atomic E-state index is -0.927. The van der Waals surface area contributed by atoms with Gasteiger partial charge in [0.15, 0.2) is 0 Å². The van der Waals surface area contributed by atoms with Crippen LogP contribution in [0.1, 0.15) is 37.2 Å². The number of aromatic nitrogens is 2. The highest BCUT2D eigenvalue weighted by Gasteiger charge is 2.43. The van der Waals surface area contributed by atoms with Crippen molar-refractivity contribution in [1.82, 2.24) is 20.2 Å². The van der Waals surface area contributed by atoms with Gasteiger partial charge in [-0.2, -0.15) is 0 Å². The van der Waals surface area contributed by atoms with Crippen molar-refractivity contribution >= 4 is 11.7 Å². The maximum absolute atomic E-state index is 14.9. The van der Waals surface area contributed by atoms with Gasteiger partial charge in [0.05, 0.1) is 24.1 Å². The number of hydrogen-bond donors (Lipinski definition) is 2.